The van der Waals surface area contributed by atoms with E-state index in [0.29, 0.717) is 19.7 Å². The fourth-order valence-corrected chi connectivity index (χ4v) is 3.45. The van der Waals surface area contributed by atoms with Gasteiger partial charge in [0, 0.05) is 29.4 Å². The standard InChI is InChI=1S/C20H28FNO2S/c1-15-5-10-19(25-15)13-22(11-16-6-8-17(21)9-7-16)12-18(23)14-24-20(2,3)4/h5-10,18,23H,11-14H2,1-4H3. The Bertz CT molecular complexity index is 648. The number of hydrogen-bond acceptors (Lipinski definition) is 4. The zero-order valence-electron chi connectivity index (χ0n) is 15.5. The summed E-state index contributed by atoms with van der Waals surface area (Å²) in [4.78, 5) is 4.70. The molecule has 0 fully saturated rings. The highest BCUT2D eigenvalue weighted by Crippen LogP contribution is 2.19. The molecule has 1 N–H and O–H groups in total. The lowest BCUT2D eigenvalue weighted by molar-refractivity contribution is -0.0572. The molecule has 0 aliphatic carbocycles. The van der Waals surface area contributed by atoms with Crippen LogP contribution in [0, 0.1) is 12.7 Å². The zero-order chi connectivity index (χ0) is 18.4. The number of hydrogen-bond donors (Lipinski definition) is 1. The molecule has 2 aromatic rings. The van der Waals surface area contributed by atoms with E-state index in [0.717, 1.165) is 12.1 Å². The van der Waals surface area contributed by atoms with E-state index in [1.807, 2.05) is 20.8 Å². The maximum atomic E-state index is 13.1. The number of rotatable bonds is 8. The molecule has 2 rings (SSSR count). The highest BCUT2D eigenvalue weighted by Gasteiger charge is 2.17. The molecule has 0 amide bonds. The van der Waals surface area contributed by atoms with Gasteiger partial charge in [-0.25, -0.2) is 4.39 Å². The lowest BCUT2D eigenvalue weighted by atomic mass is 10.2. The van der Waals surface area contributed by atoms with Gasteiger partial charge < -0.3 is 9.84 Å². The number of aliphatic hydroxyl groups is 1. The summed E-state index contributed by atoms with van der Waals surface area (Å²) in [6, 6.07) is 10.8. The molecule has 0 saturated heterocycles. The van der Waals surface area contributed by atoms with Crippen LogP contribution in [0.25, 0.3) is 0 Å². The van der Waals surface area contributed by atoms with Crippen molar-refractivity contribution in [3.63, 3.8) is 0 Å². The predicted octanol–water partition coefficient (Wildman–Crippen LogP) is 4.37. The third-order valence-electron chi connectivity index (χ3n) is 3.67. The summed E-state index contributed by atoms with van der Waals surface area (Å²) in [6.07, 6.45) is -0.569. The molecule has 0 saturated carbocycles. The summed E-state index contributed by atoms with van der Waals surface area (Å²) in [5, 5.41) is 10.4. The third kappa shape index (κ3) is 7.65. The van der Waals surface area contributed by atoms with Gasteiger partial charge in [-0.1, -0.05) is 12.1 Å². The number of aliphatic hydroxyl groups excluding tert-OH is 1. The van der Waals surface area contributed by atoms with Crippen molar-refractivity contribution >= 4 is 11.3 Å². The van der Waals surface area contributed by atoms with Crippen LogP contribution in [0.1, 0.15) is 36.1 Å². The molecule has 3 nitrogen and oxygen atoms in total. The molecule has 1 aromatic carbocycles. The SMILES string of the molecule is Cc1ccc(CN(Cc2ccc(F)cc2)CC(O)COC(C)(C)C)s1. The molecule has 5 heteroatoms. The fourth-order valence-electron chi connectivity index (χ4n) is 2.52. The lowest BCUT2D eigenvalue weighted by Crippen LogP contribution is -2.36. The largest absolute Gasteiger partial charge is 0.389 e. The van der Waals surface area contributed by atoms with Crippen molar-refractivity contribution in [3.8, 4) is 0 Å². The third-order valence-corrected chi connectivity index (χ3v) is 4.66. The van der Waals surface area contributed by atoms with E-state index in [1.54, 1.807) is 23.5 Å². The second-order valence-electron chi connectivity index (χ2n) is 7.39. The van der Waals surface area contributed by atoms with E-state index in [2.05, 4.69) is 24.0 Å². The molecule has 1 aromatic heterocycles. The molecule has 138 valence electrons. The number of ether oxygens (including phenoxy) is 1. The van der Waals surface area contributed by atoms with Crippen molar-refractivity contribution in [3.05, 3.63) is 57.5 Å². The van der Waals surface area contributed by atoms with Crippen molar-refractivity contribution < 1.29 is 14.2 Å². The molecule has 0 radical (unpaired) electrons. The average Bonchev–Trinajstić information content (AvgIpc) is 2.92. The van der Waals surface area contributed by atoms with Crippen molar-refractivity contribution in [1.82, 2.24) is 4.90 Å². The number of thiophene rings is 1. The van der Waals surface area contributed by atoms with Crippen molar-refractivity contribution in [2.75, 3.05) is 13.2 Å². The van der Waals surface area contributed by atoms with Crippen LogP contribution < -0.4 is 0 Å². The van der Waals surface area contributed by atoms with Gasteiger partial charge in [-0.3, -0.25) is 4.90 Å². The molecule has 1 unspecified atom stereocenters. The minimum atomic E-state index is -0.569. The molecule has 0 aliphatic heterocycles. The molecule has 1 heterocycles. The molecule has 0 spiro atoms. The van der Waals surface area contributed by atoms with Crippen molar-refractivity contribution in [2.24, 2.45) is 0 Å². The molecule has 25 heavy (non-hydrogen) atoms. The Morgan fingerprint density at radius 3 is 2.36 bits per heavy atom. The Kier molecular flexibility index (Phi) is 7.14. The lowest BCUT2D eigenvalue weighted by Gasteiger charge is -2.27. The second kappa shape index (κ2) is 8.90. The van der Waals surface area contributed by atoms with Gasteiger partial charge in [0.2, 0.25) is 0 Å². The highest BCUT2D eigenvalue weighted by atomic mass is 32.1. The van der Waals surface area contributed by atoms with E-state index in [9.17, 15) is 9.50 Å². The van der Waals surface area contributed by atoms with Crippen LogP contribution >= 0.6 is 11.3 Å². The zero-order valence-corrected chi connectivity index (χ0v) is 16.3. The first-order chi connectivity index (χ1) is 11.7. The molecule has 0 aliphatic rings. The van der Waals surface area contributed by atoms with E-state index >= 15 is 0 Å². The maximum Gasteiger partial charge on any atom is 0.123 e. The van der Waals surface area contributed by atoms with Crippen molar-refractivity contribution in [1.29, 1.82) is 0 Å². The van der Waals surface area contributed by atoms with Gasteiger partial charge in [0.1, 0.15) is 5.82 Å². The summed E-state index contributed by atoms with van der Waals surface area (Å²) in [6.45, 7) is 10.2. The molecule has 0 bridgehead atoms. The van der Waals surface area contributed by atoms with E-state index in [4.69, 9.17) is 4.74 Å². The second-order valence-corrected chi connectivity index (χ2v) is 8.76. The normalized spacial score (nSPS) is 13.4. The topological polar surface area (TPSA) is 32.7 Å². The van der Waals surface area contributed by atoms with Gasteiger partial charge in [-0.15, -0.1) is 11.3 Å². The average molecular weight is 366 g/mol. The molecular weight excluding hydrogens is 337 g/mol. The van der Waals surface area contributed by atoms with E-state index < -0.39 is 6.10 Å². The first-order valence-electron chi connectivity index (χ1n) is 8.55. The monoisotopic (exact) mass is 365 g/mol. The van der Waals surface area contributed by atoms with Crippen LogP contribution in [0.5, 0.6) is 0 Å². The van der Waals surface area contributed by atoms with Crippen molar-refractivity contribution in [2.45, 2.75) is 52.5 Å². The summed E-state index contributed by atoms with van der Waals surface area (Å²) in [5.41, 5.74) is 0.756. The van der Waals surface area contributed by atoms with Gasteiger partial charge in [-0.05, 0) is 57.5 Å². The summed E-state index contributed by atoms with van der Waals surface area (Å²) in [7, 11) is 0. The number of benzene rings is 1. The van der Waals surface area contributed by atoms with Crippen LogP contribution in [0.4, 0.5) is 4.39 Å². The Labute approximate surface area is 154 Å². The molecule has 1 atom stereocenters. The Balaban J connectivity index is 2.01. The number of halogens is 1. The highest BCUT2D eigenvalue weighted by molar-refractivity contribution is 7.11. The Morgan fingerprint density at radius 2 is 1.80 bits per heavy atom. The number of aryl methyl sites for hydroxylation is 1. The predicted molar refractivity (Wildman–Crippen MR) is 101 cm³/mol. The van der Waals surface area contributed by atoms with Gasteiger partial charge >= 0.3 is 0 Å². The van der Waals surface area contributed by atoms with Crippen LogP contribution in [-0.4, -0.2) is 34.9 Å². The maximum absolute atomic E-state index is 13.1. The smallest absolute Gasteiger partial charge is 0.123 e. The summed E-state index contributed by atoms with van der Waals surface area (Å²) in [5.74, 6) is -0.234. The Hall–Kier alpha value is -1.27. The van der Waals surface area contributed by atoms with Crippen LogP contribution in [0.2, 0.25) is 0 Å². The quantitative estimate of drug-likeness (QED) is 0.754. The van der Waals surface area contributed by atoms with Gasteiger partial charge in [0.05, 0.1) is 18.3 Å². The van der Waals surface area contributed by atoms with Gasteiger partial charge in [-0.2, -0.15) is 0 Å². The van der Waals surface area contributed by atoms with Crippen LogP contribution in [-0.2, 0) is 17.8 Å². The molecular formula is C20H28FNO2S. The fraction of sp³-hybridized carbons (Fsp3) is 0.500. The van der Waals surface area contributed by atoms with Crippen LogP contribution in [0.15, 0.2) is 36.4 Å². The minimum absolute atomic E-state index is 0.234. The van der Waals surface area contributed by atoms with Gasteiger partial charge in [0.25, 0.3) is 0 Å². The van der Waals surface area contributed by atoms with E-state index in [1.165, 1.54) is 21.9 Å². The Morgan fingerprint density at radius 1 is 1.12 bits per heavy atom. The minimum Gasteiger partial charge on any atom is -0.389 e. The summed E-state index contributed by atoms with van der Waals surface area (Å²) < 4.78 is 18.8. The van der Waals surface area contributed by atoms with Crippen LogP contribution in [0.3, 0.4) is 0 Å². The van der Waals surface area contributed by atoms with E-state index in [-0.39, 0.29) is 11.4 Å². The summed E-state index contributed by atoms with van der Waals surface area (Å²) >= 11 is 1.76. The van der Waals surface area contributed by atoms with Gasteiger partial charge in [0.15, 0.2) is 0 Å². The first kappa shape index (κ1) is 20.0. The first-order valence-corrected chi connectivity index (χ1v) is 9.37. The number of nitrogens with zero attached hydrogens (tertiary/aromatic N) is 1.